The van der Waals surface area contributed by atoms with Gasteiger partial charge in [0.25, 0.3) is 0 Å². The molecule has 0 aromatic heterocycles. The van der Waals surface area contributed by atoms with Gasteiger partial charge in [-0.05, 0) is 47.7 Å². The lowest BCUT2D eigenvalue weighted by Crippen LogP contribution is -2.55. The van der Waals surface area contributed by atoms with Crippen molar-refractivity contribution in [3.8, 4) is 0 Å². The van der Waals surface area contributed by atoms with Gasteiger partial charge in [-0.3, -0.25) is 0 Å². The molecule has 0 amide bonds. The van der Waals surface area contributed by atoms with Crippen molar-refractivity contribution in [2.75, 3.05) is 11.9 Å². The SMILES string of the molecule is Cc1cc2c(cc1C)C(C)(C)C1(C=Cc3ccccc3C1)N2C. The second-order valence-corrected chi connectivity index (χ2v) is 7.77. The van der Waals surface area contributed by atoms with Crippen molar-refractivity contribution in [1.82, 2.24) is 0 Å². The highest BCUT2D eigenvalue weighted by Crippen LogP contribution is 2.55. The maximum absolute atomic E-state index is 2.52. The topological polar surface area (TPSA) is 3.24 Å². The summed E-state index contributed by atoms with van der Waals surface area (Å²) < 4.78 is 0. The van der Waals surface area contributed by atoms with E-state index >= 15 is 0 Å². The molecule has 0 N–H and O–H groups in total. The first-order valence-corrected chi connectivity index (χ1v) is 8.49. The summed E-state index contributed by atoms with van der Waals surface area (Å²) in [5.41, 5.74) is 8.56. The lowest BCUT2D eigenvalue weighted by Gasteiger charge is -2.46. The van der Waals surface area contributed by atoms with Gasteiger partial charge in [0.2, 0.25) is 0 Å². The first-order chi connectivity index (χ1) is 10.9. The number of nitrogens with zero attached hydrogens (tertiary/aromatic N) is 1. The van der Waals surface area contributed by atoms with Crippen LogP contribution in [0.25, 0.3) is 6.08 Å². The Morgan fingerprint density at radius 3 is 2.48 bits per heavy atom. The summed E-state index contributed by atoms with van der Waals surface area (Å²) >= 11 is 0. The Balaban J connectivity index is 1.92. The second kappa shape index (κ2) is 4.50. The van der Waals surface area contributed by atoms with Gasteiger partial charge >= 0.3 is 0 Å². The minimum Gasteiger partial charge on any atom is -0.364 e. The molecule has 0 saturated carbocycles. The molecule has 0 radical (unpaired) electrons. The standard InChI is InChI=1S/C22H25N/c1-15-12-19-20(13-16(15)2)23(5)22(21(19,3)4)11-10-17-8-6-7-9-18(17)14-22/h6-13H,14H2,1-5H3. The Bertz CT molecular complexity index is 828. The van der Waals surface area contributed by atoms with Gasteiger partial charge < -0.3 is 4.90 Å². The van der Waals surface area contributed by atoms with Crippen LogP contribution < -0.4 is 4.90 Å². The Kier molecular flexibility index (Phi) is 2.85. The minimum atomic E-state index is 0.0178. The van der Waals surface area contributed by atoms with E-state index in [0.717, 1.165) is 6.42 Å². The van der Waals surface area contributed by atoms with Crippen LogP contribution >= 0.6 is 0 Å². The predicted molar refractivity (Wildman–Crippen MR) is 99.3 cm³/mol. The van der Waals surface area contributed by atoms with Crippen molar-refractivity contribution in [1.29, 1.82) is 0 Å². The van der Waals surface area contributed by atoms with Gasteiger partial charge in [-0.1, -0.05) is 56.3 Å². The Morgan fingerprint density at radius 2 is 1.70 bits per heavy atom. The average Bonchev–Trinajstić information content (AvgIpc) is 2.68. The lowest BCUT2D eigenvalue weighted by atomic mass is 9.65. The van der Waals surface area contributed by atoms with E-state index in [2.05, 4.69) is 88.2 Å². The van der Waals surface area contributed by atoms with Gasteiger partial charge in [0, 0.05) is 24.6 Å². The van der Waals surface area contributed by atoms with E-state index in [9.17, 15) is 0 Å². The summed E-state index contributed by atoms with van der Waals surface area (Å²) in [7, 11) is 2.26. The summed E-state index contributed by atoms with van der Waals surface area (Å²) in [5.74, 6) is 0. The molecule has 4 rings (SSSR count). The van der Waals surface area contributed by atoms with Crippen molar-refractivity contribution in [2.24, 2.45) is 0 Å². The Hall–Kier alpha value is -2.02. The molecule has 2 aromatic carbocycles. The first kappa shape index (κ1) is 14.6. The zero-order chi connectivity index (χ0) is 16.4. The maximum Gasteiger partial charge on any atom is 0.0717 e. The first-order valence-electron chi connectivity index (χ1n) is 8.49. The van der Waals surface area contributed by atoms with Crippen LogP contribution in [-0.2, 0) is 11.8 Å². The van der Waals surface area contributed by atoms with Gasteiger partial charge in [-0.25, -0.2) is 0 Å². The third-order valence-electron chi connectivity index (χ3n) is 6.38. The van der Waals surface area contributed by atoms with E-state index in [-0.39, 0.29) is 11.0 Å². The van der Waals surface area contributed by atoms with Gasteiger partial charge in [0.15, 0.2) is 0 Å². The molecule has 2 aromatic rings. The fourth-order valence-electron chi connectivity index (χ4n) is 4.54. The fourth-order valence-corrected chi connectivity index (χ4v) is 4.54. The van der Waals surface area contributed by atoms with E-state index in [4.69, 9.17) is 0 Å². The van der Waals surface area contributed by atoms with Gasteiger partial charge in [-0.2, -0.15) is 0 Å². The molecule has 1 aliphatic carbocycles. The molecule has 1 spiro atoms. The summed E-state index contributed by atoms with van der Waals surface area (Å²) in [6.45, 7) is 9.25. The molecule has 118 valence electrons. The summed E-state index contributed by atoms with van der Waals surface area (Å²) in [5, 5.41) is 0. The number of rotatable bonds is 0. The van der Waals surface area contributed by atoms with Crippen LogP contribution in [-0.4, -0.2) is 12.6 Å². The average molecular weight is 303 g/mol. The number of benzene rings is 2. The zero-order valence-corrected chi connectivity index (χ0v) is 14.8. The van der Waals surface area contributed by atoms with Crippen molar-refractivity contribution >= 4 is 11.8 Å². The highest BCUT2D eigenvalue weighted by Gasteiger charge is 2.54. The highest BCUT2D eigenvalue weighted by atomic mass is 15.2. The van der Waals surface area contributed by atoms with Gasteiger partial charge in [-0.15, -0.1) is 0 Å². The molecule has 0 bridgehead atoms. The molecular formula is C22H25N. The number of likely N-dealkylation sites (N-methyl/N-ethyl adjacent to an activating group) is 1. The van der Waals surface area contributed by atoms with Gasteiger partial charge in [0.1, 0.15) is 0 Å². The van der Waals surface area contributed by atoms with Crippen LogP contribution in [0.4, 0.5) is 5.69 Å². The molecule has 1 atom stereocenters. The smallest absolute Gasteiger partial charge is 0.0717 e. The molecule has 1 heteroatoms. The molecule has 1 nitrogen and oxygen atoms in total. The van der Waals surface area contributed by atoms with E-state index in [1.807, 2.05) is 0 Å². The molecule has 0 fully saturated rings. The summed E-state index contributed by atoms with van der Waals surface area (Å²) in [6.07, 6.45) is 5.83. The predicted octanol–water partition coefficient (Wildman–Crippen LogP) is 5.04. The molecule has 2 aliphatic rings. The second-order valence-electron chi connectivity index (χ2n) is 7.77. The number of hydrogen-bond donors (Lipinski definition) is 0. The molecule has 23 heavy (non-hydrogen) atoms. The van der Waals surface area contributed by atoms with E-state index in [1.54, 1.807) is 0 Å². The highest BCUT2D eigenvalue weighted by molar-refractivity contribution is 5.74. The normalized spacial score (nSPS) is 24.0. The number of aryl methyl sites for hydroxylation is 2. The largest absolute Gasteiger partial charge is 0.364 e. The lowest BCUT2D eigenvalue weighted by molar-refractivity contribution is 0.330. The van der Waals surface area contributed by atoms with E-state index in [1.165, 1.54) is 33.5 Å². The fraction of sp³-hybridized carbons (Fsp3) is 0.364. The molecule has 1 unspecified atom stereocenters. The quantitative estimate of drug-likeness (QED) is 0.659. The van der Waals surface area contributed by atoms with Crippen LogP contribution in [0.15, 0.2) is 42.5 Å². The number of fused-ring (bicyclic) bond motifs is 2. The summed E-state index contributed by atoms with van der Waals surface area (Å²) in [6, 6.07) is 13.6. The molecule has 1 aliphatic heterocycles. The minimum absolute atomic E-state index is 0.0178. The maximum atomic E-state index is 2.52. The molecule has 0 saturated heterocycles. The third-order valence-corrected chi connectivity index (χ3v) is 6.38. The van der Waals surface area contributed by atoms with Crippen LogP contribution in [0.1, 0.15) is 41.7 Å². The number of hydrogen-bond acceptors (Lipinski definition) is 1. The van der Waals surface area contributed by atoms with Crippen LogP contribution in [0.2, 0.25) is 0 Å². The van der Waals surface area contributed by atoms with Crippen molar-refractivity contribution in [2.45, 2.75) is 45.1 Å². The Morgan fingerprint density at radius 1 is 1.00 bits per heavy atom. The molecule has 1 heterocycles. The van der Waals surface area contributed by atoms with Gasteiger partial charge in [0.05, 0.1) is 5.54 Å². The van der Waals surface area contributed by atoms with Crippen LogP contribution in [0, 0.1) is 13.8 Å². The number of anilines is 1. The van der Waals surface area contributed by atoms with Crippen molar-refractivity contribution in [3.05, 3.63) is 70.3 Å². The zero-order valence-electron chi connectivity index (χ0n) is 14.8. The monoisotopic (exact) mass is 303 g/mol. The van der Waals surface area contributed by atoms with E-state index in [0.29, 0.717) is 0 Å². The van der Waals surface area contributed by atoms with Crippen LogP contribution in [0.5, 0.6) is 0 Å². The Labute approximate surface area is 139 Å². The van der Waals surface area contributed by atoms with Crippen LogP contribution in [0.3, 0.4) is 0 Å². The van der Waals surface area contributed by atoms with Crippen molar-refractivity contribution in [3.63, 3.8) is 0 Å². The summed E-state index contributed by atoms with van der Waals surface area (Å²) in [4.78, 5) is 2.52. The van der Waals surface area contributed by atoms with E-state index < -0.39 is 0 Å². The van der Waals surface area contributed by atoms with Crippen molar-refractivity contribution < 1.29 is 0 Å². The third kappa shape index (κ3) is 1.74. The molecular weight excluding hydrogens is 278 g/mol.